The molecule has 33 heavy (non-hydrogen) atoms. The van der Waals surface area contributed by atoms with E-state index in [2.05, 4.69) is 17.1 Å². The van der Waals surface area contributed by atoms with Crippen LogP contribution in [-0.4, -0.2) is 35.5 Å². The van der Waals surface area contributed by atoms with E-state index < -0.39 is 0 Å². The predicted octanol–water partition coefficient (Wildman–Crippen LogP) is 5.96. The Hall–Kier alpha value is -2.48. The molecule has 0 aliphatic carbocycles. The molecule has 1 unspecified atom stereocenters. The summed E-state index contributed by atoms with van der Waals surface area (Å²) in [7, 11) is 1.39. The molecule has 0 aliphatic heterocycles. The van der Waals surface area contributed by atoms with Gasteiger partial charge in [0.25, 0.3) is 0 Å². The Morgan fingerprint density at radius 3 is 2.58 bits per heavy atom. The number of pyridine rings is 1. The number of halogens is 1. The number of esters is 1. The van der Waals surface area contributed by atoms with E-state index in [0.717, 1.165) is 27.7 Å². The van der Waals surface area contributed by atoms with Crippen molar-refractivity contribution >= 4 is 70.1 Å². The topological polar surface area (TPSA) is 82.3 Å². The van der Waals surface area contributed by atoms with Gasteiger partial charge in [0.15, 0.2) is 0 Å². The van der Waals surface area contributed by atoms with Crippen LogP contribution >= 0.6 is 35.1 Å². The molecule has 2 N–H and O–H groups in total. The number of nitrogens with zero attached hydrogens (tertiary/aromatic N) is 1. The Morgan fingerprint density at radius 2 is 1.82 bits per heavy atom. The summed E-state index contributed by atoms with van der Waals surface area (Å²) in [5.74, 6) is 0.699. The zero-order valence-electron chi connectivity index (χ0n) is 18.2. The minimum absolute atomic E-state index is 0.0725. The highest BCUT2D eigenvalue weighted by Gasteiger charge is 2.15. The van der Waals surface area contributed by atoms with Gasteiger partial charge in [0.1, 0.15) is 0 Å². The fourth-order valence-corrected chi connectivity index (χ4v) is 5.89. The summed E-state index contributed by atoms with van der Waals surface area (Å²) in [6, 6.07) is 17.9. The van der Waals surface area contributed by atoms with Crippen LogP contribution < -0.4 is 5.73 Å². The largest absolute Gasteiger partial charge is 0.469 e. The summed E-state index contributed by atoms with van der Waals surface area (Å²) in [5.41, 5.74) is 9.14. The second-order valence-electron chi connectivity index (χ2n) is 7.19. The SMILES string of the molecule is COC(=O)CCSC(SCCC(N)=O)c1cccc(/C=C/c2ccc3ccc(Cl)cc3n2)c1. The predicted molar refractivity (Wildman–Crippen MR) is 140 cm³/mol. The summed E-state index contributed by atoms with van der Waals surface area (Å²) in [6.45, 7) is 0. The zero-order valence-corrected chi connectivity index (χ0v) is 20.6. The Bertz CT molecular complexity index is 1150. The van der Waals surface area contributed by atoms with Crippen LogP contribution in [0, 0.1) is 0 Å². The van der Waals surface area contributed by atoms with E-state index in [0.29, 0.717) is 29.4 Å². The van der Waals surface area contributed by atoms with Gasteiger partial charge in [-0.25, -0.2) is 4.98 Å². The van der Waals surface area contributed by atoms with Crippen molar-refractivity contribution in [2.45, 2.75) is 17.4 Å². The Balaban J connectivity index is 1.74. The molecule has 172 valence electrons. The molecule has 1 heterocycles. The van der Waals surface area contributed by atoms with Gasteiger partial charge in [-0.15, -0.1) is 23.5 Å². The third-order valence-corrected chi connectivity index (χ3v) is 7.81. The van der Waals surface area contributed by atoms with Gasteiger partial charge in [-0.3, -0.25) is 9.59 Å². The molecule has 0 saturated carbocycles. The minimum atomic E-state index is -0.318. The molecule has 8 heteroatoms. The van der Waals surface area contributed by atoms with Crippen LogP contribution in [0.3, 0.4) is 0 Å². The number of primary amides is 1. The highest BCUT2D eigenvalue weighted by Crippen LogP contribution is 2.40. The van der Waals surface area contributed by atoms with Crippen LogP contribution in [0.25, 0.3) is 23.1 Å². The second kappa shape index (κ2) is 12.7. The zero-order chi connectivity index (χ0) is 23.6. The number of thioether (sulfide) groups is 2. The molecule has 3 aromatic rings. The number of fused-ring (bicyclic) bond motifs is 1. The fourth-order valence-electron chi connectivity index (χ4n) is 3.05. The molecule has 0 aliphatic rings. The number of ether oxygens (including phenoxy) is 1. The summed E-state index contributed by atoms with van der Waals surface area (Å²) < 4.78 is 4.81. The minimum Gasteiger partial charge on any atom is -0.469 e. The van der Waals surface area contributed by atoms with Crippen LogP contribution in [0.15, 0.2) is 54.6 Å². The highest BCUT2D eigenvalue weighted by atomic mass is 35.5. The molecule has 0 radical (unpaired) electrons. The van der Waals surface area contributed by atoms with E-state index in [1.165, 1.54) is 7.11 Å². The molecule has 3 rings (SSSR count). The number of methoxy groups -OCH3 is 1. The molecule has 1 atom stereocenters. The number of carbonyl (C=O) groups excluding carboxylic acids is 2. The normalized spacial score (nSPS) is 12.2. The average Bonchev–Trinajstić information content (AvgIpc) is 2.81. The first-order valence-corrected chi connectivity index (χ1v) is 12.8. The Kier molecular flexibility index (Phi) is 9.66. The second-order valence-corrected chi connectivity index (χ2v) is 10.4. The van der Waals surface area contributed by atoms with Crippen molar-refractivity contribution in [1.29, 1.82) is 0 Å². The first-order valence-electron chi connectivity index (χ1n) is 10.4. The van der Waals surface area contributed by atoms with Crippen LogP contribution in [-0.2, 0) is 14.3 Å². The van der Waals surface area contributed by atoms with E-state index in [4.69, 9.17) is 22.1 Å². The van der Waals surface area contributed by atoms with Gasteiger partial charge in [-0.1, -0.05) is 48.0 Å². The fraction of sp³-hybridized carbons (Fsp3) is 0.240. The highest BCUT2D eigenvalue weighted by molar-refractivity contribution is 8.16. The Morgan fingerprint density at radius 1 is 1.06 bits per heavy atom. The van der Waals surface area contributed by atoms with Crippen molar-refractivity contribution in [3.05, 3.63) is 76.4 Å². The van der Waals surface area contributed by atoms with Gasteiger partial charge >= 0.3 is 5.97 Å². The number of aromatic nitrogens is 1. The Labute approximate surface area is 207 Å². The lowest BCUT2D eigenvalue weighted by atomic mass is 10.1. The van der Waals surface area contributed by atoms with Crippen LogP contribution in [0.4, 0.5) is 0 Å². The van der Waals surface area contributed by atoms with Gasteiger partial charge in [-0.2, -0.15) is 0 Å². The van der Waals surface area contributed by atoms with Crippen LogP contribution in [0.5, 0.6) is 0 Å². The van der Waals surface area contributed by atoms with E-state index in [1.54, 1.807) is 23.5 Å². The molecular formula is C25H25ClN2O3S2. The van der Waals surface area contributed by atoms with Crippen molar-refractivity contribution in [2.24, 2.45) is 5.73 Å². The molecule has 0 spiro atoms. The molecule has 0 bridgehead atoms. The number of carbonyl (C=O) groups is 2. The van der Waals surface area contributed by atoms with Crippen molar-refractivity contribution in [3.8, 4) is 0 Å². The van der Waals surface area contributed by atoms with Gasteiger partial charge < -0.3 is 10.5 Å². The van der Waals surface area contributed by atoms with E-state index in [-0.39, 0.29) is 16.5 Å². The summed E-state index contributed by atoms with van der Waals surface area (Å²) in [4.78, 5) is 27.3. The maximum absolute atomic E-state index is 11.5. The lowest BCUT2D eigenvalue weighted by molar-refractivity contribution is -0.140. The molecule has 0 saturated heterocycles. The quantitative estimate of drug-likeness (QED) is 0.258. The van der Waals surface area contributed by atoms with Crippen LogP contribution in [0.1, 0.15) is 34.2 Å². The van der Waals surface area contributed by atoms with E-state index in [1.807, 2.05) is 54.6 Å². The lowest BCUT2D eigenvalue weighted by Crippen LogP contribution is -2.11. The summed E-state index contributed by atoms with van der Waals surface area (Å²) in [5, 5.41) is 1.70. The maximum Gasteiger partial charge on any atom is 0.306 e. The monoisotopic (exact) mass is 500 g/mol. The average molecular weight is 501 g/mol. The van der Waals surface area contributed by atoms with Crippen molar-refractivity contribution < 1.29 is 14.3 Å². The number of nitrogens with two attached hydrogens (primary N) is 1. The molecule has 1 aromatic heterocycles. The first-order chi connectivity index (χ1) is 15.9. The summed E-state index contributed by atoms with van der Waals surface area (Å²) >= 11 is 9.40. The van der Waals surface area contributed by atoms with Gasteiger partial charge in [0.2, 0.25) is 5.91 Å². The third kappa shape index (κ3) is 8.11. The van der Waals surface area contributed by atoms with Gasteiger partial charge in [0, 0.05) is 28.3 Å². The number of benzene rings is 2. The summed E-state index contributed by atoms with van der Waals surface area (Å²) in [6.07, 6.45) is 4.65. The molecule has 0 fully saturated rings. The van der Waals surface area contributed by atoms with E-state index >= 15 is 0 Å². The van der Waals surface area contributed by atoms with E-state index in [9.17, 15) is 9.59 Å². The number of hydrogen-bond acceptors (Lipinski definition) is 6. The standard InChI is InChI=1S/C25H25ClN2O3S2/c1-31-24(30)12-14-33-25(32-13-11-23(27)29)19-4-2-3-17(15-19)5-9-21-10-7-18-6-8-20(26)16-22(18)28-21/h2-10,15-16,25H,11-14H2,1H3,(H2,27,29)/b9-5+. The van der Waals surface area contributed by atoms with Gasteiger partial charge in [-0.05, 0) is 41.5 Å². The number of rotatable bonds is 11. The molecular weight excluding hydrogens is 476 g/mol. The molecule has 5 nitrogen and oxygen atoms in total. The van der Waals surface area contributed by atoms with Crippen molar-refractivity contribution in [1.82, 2.24) is 4.98 Å². The smallest absolute Gasteiger partial charge is 0.306 e. The lowest BCUT2D eigenvalue weighted by Gasteiger charge is -2.17. The maximum atomic E-state index is 11.5. The van der Waals surface area contributed by atoms with Crippen molar-refractivity contribution in [2.75, 3.05) is 18.6 Å². The molecule has 1 amide bonds. The van der Waals surface area contributed by atoms with Crippen LogP contribution in [0.2, 0.25) is 5.02 Å². The third-order valence-electron chi connectivity index (χ3n) is 4.73. The number of hydrogen-bond donors (Lipinski definition) is 1. The van der Waals surface area contributed by atoms with Gasteiger partial charge in [0.05, 0.1) is 29.3 Å². The molecule has 2 aromatic carbocycles. The van der Waals surface area contributed by atoms with Crippen molar-refractivity contribution in [3.63, 3.8) is 0 Å². The number of amides is 1. The first kappa shape index (κ1) is 25.1.